The summed E-state index contributed by atoms with van der Waals surface area (Å²) in [6.45, 7) is 3.82. The van der Waals surface area contributed by atoms with E-state index in [0.717, 1.165) is 0 Å². The molecule has 0 radical (unpaired) electrons. The highest BCUT2D eigenvalue weighted by atomic mass is 16.1. The van der Waals surface area contributed by atoms with Crippen molar-refractivity contribution in [1.29, 1.82) is 5.26 Å². The van der Waals surface area contributed by atoms with Crippen LogP contribution in [0.1, 0.15) is 36.5 Å². The first-order valence-electron chi connectivity index (χ1n) is 8.09. The van der Waals surface area contributed by atoms with Crippen molar-refractivity contribution in [2.24, 2.45) is 0 Å². The zero-order valence-corrected chi connectivity index (χ0v) is 14.0. The molecule has 0 saturated heterocycles. The number of aryl methyl sites for hydroxylation is 1. The second-order valence-electron chi connectivity index (χ2n) is 5.61. The first-order valence-corrected chi connectivity index (χ1v) is 8.09. The number of hydrogen-bond acceptors (Lipinski definition) is 5. The van der Waals surface area contributed by atoms with Gasteiger partial charge < -0.3 is 4.98 Å². The van der Waals surface area contributed by atoms with Crippen LogP contribution in [0, 0.1) is 11.3 Å². The van der Waals surface area contributed by atoms with Gasteiger partial charge in [-0.25, -0.2) is 9.67 Å². The summed E-state index contributed by atoms with van der Waals surface area (Å²) in [4.78, 5) is 31.8. The lowest BCUT2D eigenvalue weighted by Gasteiger charge is -2.11. The Kier molecular flexibility index (Phi) is 4.44. The average molecular weight is 335 g/mol. The smallest absolute Gasteiger partial charge is 0.285 e. The van der Waals surface area contributed by atoms with E-state index >= 15 is 0 Å². The van der Waals surface area contributed by atoms with Crippen LogP contribution in [0.4, 0.5) is 0 Å². The van der Waals surface area contributed by atoms with Gasteiger partial charge >= 0.3 is 0 Å². The summed E-state index contributed by atoms with van der Waals surface area (Å²) in [7, 11) is 0. The fraction of sp³-hybridized carbons (Fsp3) is 0.278. The molecule has 0 amide bonds. The van der Waals surface area contributed by atoms with Gasteiger partial charge in [0.2, 0.25) is 0 Å². The Labute approximate surface area is 143 Å². The fourth-order valence-corrected chi connectivity index (χ4v) is 2.89. The zero-order valence-electron chi connectivity index (χ0n) is 14.0. The number of aromatic amines is 1. The molecule has 2 aromatic heterocycles. The number of rotatable bonds is 4. The van der Waals surface area contributed by atoms with Gasteiger partial charge in [-0.15, -0.1) is 0 Å². The third-order valence-electron chi connectivity index (χ3n) is 4.10. The first kappa shape index (κ1) is 16.6. The molecule has 25 heavy (non-hydrogen) atoms. The molecule has 0 fully saturated rings. The SMILES string of the molecule is CCc1nn(Cc2nc3ccccc3c(=O)[nH]2)c(=O)c(C#N)c1CC. The van der Waals surface area contributed by atoms with Crippen LogP contribution in [0.3, 0.4) is 0 Å². The predicted octanol–water partition coefficient (Wildman–Crippen LogP) is 1.52. The summed E-state index contributed by atoms with van der Waals surface area (Å²) in [5, 5.41) is 14.2. The summed E-state index contributed by atoms with van der Waals surface area (Å²) in [6.07, 6.45) is 1.18. The molecule has 0 saturated carbocycles. The minimum Gasteiger partial charge on any atom is -0.308 e. The fourth-order valence-electron chi connectivity index (χ4n) is 2.89. The molecule has 0 bridgehead atoms. The lowest BCUT2D eigenvalue weighted by molar-refractivity contribution is 0.592. The highest BCUT2D eigenvalue weighted by Gasteiger charge is 2.16. The molecule has 0 unspecified atom stereocenters. The van der Waals surface area contributed by atoms with Gasteiger partial charge in [-0.05, 0) is 30.5 Å². The summed E-state index contributed by atoms with van der Waals surface area (Å²) in [5.74, 6) is 0.327. The maximum atomic E-state index is 12.6. The molecular formula is C18H17N5O2. The van der Waals surface area contributed by atoms with E-state index in [1.165, 1.54) is 4.68 Å². The quantitative estimate of drug-likeness (QED) is 0.778. The van der Waals surface area contributed by atoms with Crippen molar-refractivity contribution < 1.29 is 0 Å². The Morgan fingerprint density at radius 1 is 1.20 bits per heavy atom. The molecule has 126 valence electrons. The minimum absolute atomic E-state index is 0.00455. The second-order valence-corrected chi connectivity index (χ2v) is 5.61. The average Bonchev–Trinajstić information content (AvgIpc) is 2.62. The van der Waals surface area contributed by atoms with Gasteiger partial charge in [0.05, 0.1) is 16.6 Å². The molecule has 0 aliphatic rings. The molecule has 7 nitrogen and oxygen atoms in total. The minimum atomic E-state index is -0.465. The molecule has 1 N–H and O–H groups in total. The molecule has 0 spiro atoms. The third kappa shape index (κ3) is 2.94. The van der Waals surface area contributed by atoms with Crippen LogP contribution >= 0.6 is 0 Å². The van der Waals surface area contributed by atoms with Crippen molar-refractivity contribution in [2.75, 3.05) is 0 Å². The molecule has 0 aliphatic heterocycles. The molecule has 3 aromatic rings. The van der Waals surface area contributed by atoms with E-state index in [9.17, 15) is 14.9 Å². The van der Waals surface area contributed by atoms with Crippen LogP contribution < -0.4 is 11.1 Å². The standard InChI is InChI=1S/C18H17N5O2/c1-3-11-13(9-19)18(25)23(22-14(11)4-2)10-16-20-15-8-6-5-7-12(15)17(24)21-16/h5-8H,3-4,10H2,1-2H3,(H,20,21,24). The third-order valence-corrected chi connectivity index (χ3v) is 4.10. The number of nitriles is 1. The van der Waals surface area contributed by atoms with E-state index in [-0.39, 0.29) is 17.7 Å². The van der Waals surface area contributed by atoms with Crippen molar-refractivity contribution >= 4 is 10.9 Å². The van der Waals surface area contributed by atoms with Crippen LogP contribution in [0.25, 0.3) is 10.9 Å². The van der Waals surface area contributed by atoms with Crippen LogP contribution in [0.15, 0.2) is 33.9 Å². The van der Waals surface area contributed by atoms with Gasteiger partial charge in [0.25, 0.3) is 11.1 Å². The maximum absolute atomic E-state index is 12.6. The molecule has 3 rings (SSSR count). The van der Waals surface area contributed by atoms with Crippen molar-refractivity contribution in [3.8, 4) is 6.07 Å². The number of para-hydroxylation sites is 1. The summed E-state index contributed by atoms with van der Waals surface area (Å²) >= 11 is 0. The van der Waals surface area contributed by atoms with E-state index in [4.69, 9.17) is 0 Å². The maximum Gasteiger partial charge on any atom is 0.285 e. The summed E-state index contributed by atoms with van der Waals surface area (Å²) < 4.78 is 1.20. The number of nitrogens with zero attached hydrogens (tertiary/aromatic N) is 4. The second kappa shape index (κ2) is 6.69. The Morgan fingerprint density at radius 3 is 2.64 bits per heavy atom. The normalized spacial score (nSPS) is 10.8. The van der Waals surface area contributed by atoms with Crippen LogP contribution in [-0.4, -0.2) is 19.7 Å². The summed E-state index contributed by atoms with van der Waals surface area (Å²) in [6, 6.07) is 8.98. The summed E-state index contributed by atoms with van der Waals surface area (Å²) in [5.41, 5.74) is 1.32. The molecular weight excluding hydrogens is 318 g/mol. The number of hydrogen-bond donors (Lipinski definition) is 1. The van der Waals surface area contributed by atoms with Crippen molar-refractivity contribution in [3.63, 3.8) is 0 Å². The molecule has 0 aliphatic carbocycles. The number of nitrogens with one attached hydrogen (secondary N) is 1. The van der Waals surface area contributed by atoms with E-state index in [0.29, 0.717) is 40.8 Å². The first-order chi connectivity index (χ1) is 12.1. The van der Waals surface area contributed by atoms with Gasteiger partial charge in [0.1, 0.15) is 24.0 Å². The van der Waals surface area contributed by atoms with Gasteiger partial charge in [-0.2, -0.15) is 10.4 Å². The van der Waals surface area contributed by atoms with Gasteiger partial charge in [-0.3, -0.25) is 9.59 Å². The van der Waals surface area contributed by atoms with Crippen molar-refractivity contribution in [1.82, 2.24) is 19.7 Å². The van der Waals surface area contributed by atoms with E-state index in [1.807, 2.05) is 19.9 Å². The van der Waals surface area contributed by atoms with Gasteiger partial charge in [-0.1, -0.05) is 26.0 Å². The zero-order chi connectivity index (χ0) is 18.0. The molecule has 1 aromatic carbocycles. The van der Waals surface area contributed by atoms with E-state index in [2.05, 4.69) is 15.1 Å². The molecule has 7 heteroatoms. The van der Waals surface area contributed by atoms with E-state index in [1.54, 1.807) is 24.3 Å². The number of benzene rings is 1. The Balaban J connectivity index is 2.14. The number of fused-ring (bicyclic) bond motifs is 1. The highest BCUT2D eigenvalue weighted by molar-refractivity contribution is 5.77. The molecule has 0 atom stereocenters. The van der Waals surface area contributed by atoms with E-state index < -0.39 is 5.56 Å². The Hall–Kier alpha value is -3.27. The molecule has 2 heterocycles. The Morgan fingerprint density at radius 2 is 1.96 bits per heavy atom. The van der Waals surface area contributed by atoms with Crippen LogP contribution in [-0.2, 0) is 19.4 Å². The van der Waals surface area contributed by atoms with Crippen LogP contribution in [0.2, 0.25) is 0 Å². The topological polar surface area (TPSA) is 104 Å². The van der Waals surface area contributed by atoms with Crippen molar-refractivity contribution in [2.45, 2.75) is 33.2 Å². The predicted molar refractivity (Wildman–Crippen MR) is 93.4 cm³/mol. The number of H-pyrrole nitrogens is 1. The van der Waals surface area contributed by atoms with Gasteiger partial charge in [0.15, 0.2) is 0 Å². The van der Waals surface area contributed by atoms with Crippen LogP contribution in [0.5, 0.6) is 0 Å². The highest BCUT2D eigenvalue weighted by Crippen LogP contribution is 2.11. The lowest BCUT2D eigenvalue weighted by atomic mass is 10.0. The van der Waals surface area contributed by atoms with Crippen molar-refractivity contribution in [3.05, 3.63) is 67.6 Å². The Bertz CT molecular complexity index is 1110. The number of aromatic nitrogens is 4. The van der Waals surface area contributed by atoms with Gasteiger partial charge in [0, 0.05) is 0 Å². The lowest BCUT2D eigenvalue weighted by Crippen LogP contribution is -2.30. The largest absolute Gasteiger partial charge is 0.308 e. The monoisotopic (exact) mass is 335 g/mol.